The molecule has 0 bridgehead atoms. The molecule has 2 aromatic heterocycles. The lowest BCUT2D eigenvalue weighted by Crippen LogP contribution is -2.21. The van der Waals surface area contributed by atoms with Crippen LogP contribution in [0, 0.1) is 4.78 Å². The van der Waals surface area contributed by atoms with Crippen LogP contribution in [-0.4, -0.2) is 37.5 Å². The van der Waals surface area contributed by atoms with Gasteiger partial charge in [0.25, 0.3) is 0 Å². The molecule has 0 fully saturated rings. The van der Waals surface area contributed by atoms with Crippen LogP contribution in [0.5, 0.6) is 0 Å². The van der Waals surface area contributed by atoms with Gasteiger partial charge < -0.3 is 24.7 Å². The number of nitrogens with zero attached hydrogens (tertiary/aromatic N) is 4. The summed E-state index contributed by atoms with van der Waals surface area (Å²) in [6.07, 6.45) is 3.68. The normalized spacial score (nSPS) is 12.3. The standard InChI is InChI=1S/C21H22N7O2S/c1-13(12-29)24-20-18(14-3-4-15-11-28(2)27-19(15)9-14)10-23-21(26-20)25-16-5-7-17(8-6-16)31(22)30/h3-11,13,22,29H,12H2,1-2H3,(H2,23,24,25,26)/q-1/t13-/m1/s1. The molecule has 4 rings (SSSR count). The van der Waals surface area contributed by atoms with Crippen LogP contribution in [0.2, 0.25) is 0 Å². The smallest absolute Gasteiger partial charge is 0.229 e. The van der Waals surface area contributed by atoms with E-state index in [0.717, 1.165) is 22.0 Å². The molecule has 0 unspecified atom stereocenters. The summed E-state index contributed by atoms with van der Waals surface area (Å²) in [4.78, 5) is 9.47. The highest BCUT2D eigenvalue weighted by Gasteiger charge is 2.13. The molecule has 1 atom stereocenters. The van der Waals surface area contributed by atoms with Gasteiger partial charge in [0.2, 0.25) is 5.95 Å². The first-order chi connectivity index (χ1) is 14.9. The van der Waals surface area contributed by atoms with Crippen molar-refractivity contribution in [2.24, 2.45) is 7.05 Å². The van der Waals surface area contributed by atoms with Crippen LogP contribution >= 0.6 is 0 Å². The predicted molar refractivity (Wildman–Crippen MR) is 121 cm³/mol. The molecule has 0 aliphatic rings. The number of aliphatic hydroxyl groups excluding tert-OH is 1. The van der Waals surface area contributed by atoms with Crippen molar-refractivity contribution in [1.29, 1.82) is 4.78 Å². The van der Waals surface area contributed by atoms with Gasteiger partial charge in [-0.1, -0.05) is 29.2 Å². The molecule has 4 N–H and O–H groups in total. The third-order valence-electron chi connectivity index (χ3n) is 4.70. The molecule has 2 heterocycles. The highest BCUT2D eigenvalue weighted by molar-refractivity contribution is 7.73. The van der Waals surface area contributed by atoms with Crippen molar-refractivity contribution in [3.63, 3.8) is 0 Å². The highest BCUT2D eigenvalue weighted by atomic mass is 32.2. The molecule has 0 spiro atoms. The van der Waals surface area contributed by atoms with Crippen molar-refractivity contribution >= 4 is 39.0 Å². The van der Waals surface area contributed by atoms with Gasteiger partial charge in [-0.25, -0.2) is 4.98 Å². The van der Waals surface area contributed by atoms with Gasteiger partial charge in [-0.3, -0.25) is 4.68 Å². The van der Waals surface area contributed by atoms with E-state index < -0.39 is 10.6 Å². The van der Waals surface area contributed by atoms with E-state index >= 15 is 0 Å². The van der Waals surface area contributed by atoms with Crippen LogP contribution < -0.4 is 10.6 Å². The lowest BCUT2D eigenvalue weighted by atomic mass is 10.1. The maximum Gasteiger partial charge on any atom is 0.229 e. The second-order valence-corrected chi connectivity index (χ2v) is 8.19. The molecule has 0 aliphatic heterocycles. The number of aliphatic hydroxyl groups is 1. The van der Waals surface area contributed by atoms with Crippen molar-refractivity contribution in [3.8, 4) is 11.1 Å². The number of aryl methyl sites for hydroxylation is 1. The second-order valence-electron chi connectivity index (χ2n) is 7.18. The molecule has 0 aliphatic carbocycles. The number of hydrogen-bond acceptors (Lipinski definition) is 9. The summed E-state index contributed by atoms with van der Waals surface area (Å²) >= 11 is 0. The van der Waals surface area contributed by atoms with E-state index in [2.05, 4.69) is 25.7 Å². The van der Waals surface area contributed by atoms with Crippen molar-refractivity contribution in [1.82, 2.24) is 19.7 Å². The van der Waals surface area contributed by atoms with Crippen molar-refractivity contribution in [2.75, 3.05) is 17.2 Å². The Labute approximate surface area is 181 Å². The number of rotatable bonds is 7. The summed E-state index contributed by atoms with van der Waals surface area (Å²) in [5.74, 6) is 0.952. The van der Waals surface area contributed by atoms with Crippen molar-refractivity contribution in [2.45, 2.75) is 17.9 Å². The molecule has 10 heteroatoms. The number of nitrogens with one attached hydrogen (secondary N) is 3. The van der Waals surface area contributed by atoms with E-state index in [4.69, 9.17) is 4.78 Å². The van der Waals surface area contributed by atoms with Crippen LogP contribution in [0.3, 0.4) is 0 Å². The predicted octanol–water partition coefficient (Wildman–Crippen LogP) is 3.65. The fourth-order valence-corrected chi connectivity index (χ4v) is 3.52. The Bertz CT molecular complexity index is 1290. The van der Waals surface area contributed by atoms with E-state index in [1.165, 1.54) is 0 Å². The van der Waals surface area contributed by atoms with Gasteiger partial charge in [0, 0.05) is 42.1 Å². The van der Waals surface area contributed by atoms with E-state index in [-0.39, 0.29) is 12.6 Å². The Balaban J connectivity index is 1.69. The minimum absolute atomic E-state index is 0.0444. The van der Waals surface area contributed by atoms with E-state index in [1.807, 2.05) is 38.4 Å². The summed E-state index contributed by atoms with van der Waals surface area (Å²) in [7, 11) is 0.105. The maximum atomic E-state index is 11.2. The Hall–Kier alpha value is -3.50. The molecular weight excluding hydrogens is 414 g/mol. The van der Waals surface area contributed by atoms with Gasteiger partial charge in [-0.15, -0.1) is 0 Å². The topological polar surface area (TPSA) is 129 Å². The monoisotopic (exact) mass is 436 g/mol. The Morgan fingerprint density at radius 1 is 1.23 bits per heavy atom. The van der Waals surface area contributed by atoms with E-state index in [1.54, 1.807) is 35.1 Å². The molecule has 4 aromatic rings. The molecule has 31 heavy (non-hydrogen) atoms. The van der Waals surface area contributed by atoms with Gasteiger partial charge in [0.15, 0.2) is 0 Å². The Kier molecular flexibility index (Phi) is 5.83. The Morgan fingerprint density at radius 3 is 2.71 bits per heavy atom. The maximum absolute atomic E-state index is 11.2. The zero-order valence-electron chi connectivity index (χ0n) is 17.0. The fourth-order valence-electron chi connectivity index (χ4n) is 3.14. The first kappa shape index (κ1) is 20.8. The van der Waals surface area contributed by atoms with Crippen LogP contribution in [0.25, 0.3) is 22.0 Å². The van der Waals surface area contributed by atoms with Gasteiger partial charge in [0.1, 0.15) is 5.82 Å². The molecular formula is C21H22N7O2S-. The largest absolute Gasteiger partial charge is 0.440 e. The number of benzene rings is 2. The van der Waals surface area contributed by atoms with E-state index in [0.29, 0.717) is 22.3 Å². The van der Waals surface area contributed by atoms with Crippen molar-refractivity contribution in [3.05, 3.63) is 54.9 Å². The van der Waals surface area contributed by atoms with E-state index in [9.17, 15) is 9.32 Å². The zero-order valence-corrected chi connectivity index (χ0v) is 17.8. The third kappa shape index (κ3) is 4.65. The minimum Gasteiger partial charge on any atom is -0.440 e. The first-order valence-corrected chi connectivity index (χ1v) is 10.8. The number of aromatic nitrogens is 4. The quantitative estimate of drug-likeness (QED) is 0.325. The summed E-state index contributed by atoms with van der Waals surface area (Å²) in [6.45, 7) is 1.82. The van der Waals surface area contributed by atoms with Crippen LogP contribution in [0.15, 0.2) is 59.8 Å². The highest BCUT2D eigenvalue weighted by Crippen LogP contribution is 2.30. The van der Waals surface area contributed by atoms with Gasteiger partial charge in [-0.05, 0) is 30.7 Å². The van der Waals surface area contributed by atoms with Crippen LogP contribution in [-0.2, 0) is 21.9 Å². The summed E-state index contributed by atoms with van der Waals surface area (Å²) in [6, 6.07) is 12.4. The number of hydrogen-bond donors (Lipinski definition) is 4. The van der Waals surface area contributed by atoms with Gasteiger partial charge in [-0.2, -0.15) is 20.7 Å². The molecule has 2 aromatic carbocycles. The Morgan fingerprint density at radius 2 is 2.00 bits per heavy atom. The lowest BCUT2D eigenvalue weighted by molar-refractivity contribution is 0.281. The fraction of sp³-hybridized carbons (Fsp3) is 0.190. The van der Waals surface area contributed by atoms with Gasteiger partial charge in [0.05, 0.1) is 12.1 Å². The molecule has 9 nitrogen and oxygen atoms in total. The first-order valence-electron chi connectivity index (χ1n) is 9.61. The summed E-state index contributed by atoms with van der Waals surface area (Å²) in [5, 5.41) is 21.4. The molecule has 0 radical (unpaired) electrons. The summed E-state index contributed by atoms with van der Waals surface area (Å²) < 4.78 is 20.3. The van der Waals surface area contributed by atoms with Crippen molar-refractivity contribution < 1.29 is 9.32 Å². The SMILES string of the molecule is C[C@H](CO)Nc1nc(Nc2ccc([S-](=N)=O)cc2)ncc1-c1ccc2cn(C)nc2c1. The zero-order chi connectivity index (χ0) is 22.0. The lowest BCUT2D eigenvalue weighted by Gasteiger charge is -2.16. The number of anilines is 3. The summed E-state index contributed by atoms with van der Waals surface area (Å²) in [5.41, 5.74) is 3.28. The van der Waals surface area contributed by atoms with Gasteiger partial charge >= 0.3 is 0 Å². The number of fused-ring (bicyclic) bond motifs is 1. The average Bonchev–Trinajstić information content (AvgIpc) is 3.13. The molecule has 160 valence electrons. The molecule has 0 saturated heterocycles. The van der Waals surface area contributed by atoms with Crippen LogP contribution in [0.1, 0.15) is 6.92 Å². The average molecular weight is 437 g/mol. The molecule has 0 amide bonds. The second kappa shape index (κ2) is 8.70. The van der Waals surface area contributed by atoms with Crippen LogP contribution in [0.4, 0.5) is 17.5 Å². The third-order valence-corrected chi connectivity index (χ3v) is 5.40. The molecule has 0 saturated carbocycles. The minimum atomic E-state index is -1.78.